The molecule has 6 saturated heterocycles. The van der Waals surface area contributed by atoms with Gasteiger partial charge >= 0.3 is 0 Å². The molecular weight excluding hydrogens is 1290 g/mol. The molecule has 12 saturated carbocycles. The highest BCUT2D eigenvalue weighted by Crippen LogP contribution is 2.75. The first-order valence-corrected chi connectivity index (χ1v) is 47.0. The summed E-state index contributed by atoms with van der Waals surface area (Å²) >= 11 is 0. The Balaban J connectivity index is 0.000000121. The van der Waals surface area contributed by atoms with Crippen molar-refractivity contribution in [2.24, 2.45) is 174 Å². The van der Waals surface area contributed by atoms with E-state index in [9.17, 15) is 0 Å². The Morgan fingerprint density at radius 1 is 0.305 bits per heavy atom. The van der Waals surface area contributed by atoms with Crippen molar-refractivity contribution in [3.8, 4) is 0 Å². The molecule has 600 valence electrons. The minimum absolute atomic E-state index is 0.0217. The molecule has 12 N–H and O–H groups in total. The van der Waals surface area contributed by atoms with Crippen LogP contribution in [0.2, 0.25) is 0 Å². The summed E-state index contributed by atoms with van der Waals surface area (Å²) in [5, 5.41) is 23.4. The number of rotatable bonds is 15. The first-order valence-electron chi connectivity index (χ1n) is 47.0. The molecule has 18 aliphatic rings. The second-order valence-corrected chi connectivity index (χ2v) is 44.2. The zero-order chi connectivity index (χ0) is 73.3. The largest absolute Gasteiger partial charge is 0.357 e. The normalized spacial score (nSPS) is 55.3. The summed E-state index contributed by atoms with van der Waals surface area (Å²) in [4.78, 5) is 0. The van der Waals surface area contributed by atoms with E-state index in [-0.39, 0.29) is 17.2 Å². The van der Waals surface area contributed by atoms with Crippen molar-refractivity contribution in [1.29, 1.82) is 0 Å². The van der Waals surface area contributed by atoms with E-state index in [1.54, 1.807) is 0 Å². The molecule has 0 aromatic carbocycles. The van der Waals surface area contributed by atoms with E-state index in [1.807, 2.05) is 0 Å². The standard InChI is InChI=1S/C33H59N3O.C31H55N3O.C29H51N3O/c1-22-11-16-33(36-21-22)23(2)30-29(37-33)20-28-26-10-9-24-19-25(35-18-8-6-5-7-17-34)12-14-31(24,3)27(26)13-15-32(28,30)4;1-20-9-14-31(34-19-20)21(2)28-27(35-31)18-26-24-8-7-22-17-23(33-16-6-5-15-32)10-12-29(22,3)25(24)11-13-30(26,28)4;1-18-7-12-29(32-17-18)19(2)26-25(33-29)16-24-22-6-5-20-15-21(31-14-13-30)8-10-27(20,3)23(22)9-11-28(24,26)4/h22-30,35-36H,5-21,34H2,1-4H3;20-28,33-34H,5-19,32H2,1-4H3;18-26,31-32H,5-17,30H2,1-4H3/t22-,23-,24-,25?,26+,27-,28-,29-,30-,31-,32-,33-;20-,21-,22-,23?,24+,25-,26-,27-,28-,29-,30-,31-;18-,19-,20-,21?,22+,23-,24-,25-,26-,27-,28-,29-/m000/s1. The average Bonchev–Trinajstić information content (AvgIpc) is 1.72. The molecule has 12 nitrogen and oxygen atoms in total. The number of hydrogen-bond donors (Lipinski definition) is 9. The number of unbranched alkanes of at least 4 members (excludes halogenated alkanes) is 4. The molecule has 18 rings (SSSR count). The van der Waals surface area contributed by atoms with Gasteiger partial charge in [0.1, 0.15) is 17.2 Å². The lowest BCUT2D eigenvalue weighted by Crippen LogP contribution is -2.58. The van der Waals surface area contributed by atoms with Gasteiger partial charge in [0.15, 0.2) is 0 Å². The Labute approximate surface area is 643 Å². The fourth-order valence-corrected chi connectivity index (χ4v) is 33.7. The van der Waals surface area contributed by atoms with Crippen LogP contribution >= 0.6 is 0 Å². The molecule has 0 aromatic heterocycles. The van der Waals surface area contributed by atoms with Crippen LogP contribution in [0, 0.1) is 157 Å². The zero-order valence-corrected chi connectivity index (χ0v) is 69.9. The minimum atomic E-state index is -0.0226. The van der Waals surface area contributed by atoms with Crippen LogP contribution in [-0.2, 0) is 14.2 Å². The molecule has 6 heterocycles. The maximum Gasteiger partial charge on any atom is 0.122 e. The topological polar surface area (TPSA) is 178 Å². The van der Waals surface area contributed by atoms with Crippen LogP contribution in [0.25, 0.3) is 0 Å². The van der Waals surface area contributed by atoms with Gasteiger partial charge in [-0.25, -0.2) is 0 Å². The van der Waals surface area contributed by atoms with Gasteiger partial charge in [0.05, 0.1) is 18.3 Å². The SMILES string of the molecule is C[C@H]1CC[C@]2(NC1)O[C@H]1C[C@H]3[C@@H]4CC[C@H]5CC(NCCCCCCN)CC[C@]5(C)[C@H]4CC[C@]3(C)[C@H]1[C@@H]2C.C[C@H]1CC[C@]2(NC1)O[C@H]1C[C@H]3[C@@H]4CC[C@H]5CC(NCCCCN)CC[C@]5(C)[C@H]4CC[C@]3(C)[C@H]1[C@@H]2C.C[C@H]1CC[C@]2(NC1)O[C@H]1C[C@H]3[C@@H]4CC[C@H]5CC(NCCN)CC[C@]5(C)[C@H]4CC[C@]3(C)[C@H]1[C@@H]2C. The van der Waals surface area contributed by atoms with Gasteiger partial charge in [-0.3, -0.25) is 16.0 Å². The highest BCUT2D eigenvalue weighted by atomic mass is 16.5. The maximum absolute atomic E-state index is 7.10. The minimum Gasteiger partial charge on any atom is -0.357 e. The predicted molar refractivity (Wildman–Crippen MR) is 432 cm³/mol. The first kappa shape index (κ1) is 78.4. The molecule has 105 heavy (non-hydrogen) atoms. The molecule has 0 bridgehead atoms. The van der Waals surface area contributed by atoms with Crippen molar-refractivity contribution in [1.82, 2.24) is 31.9 Å². The van der Waals surface area contributed by atoms with E-state index in [1.165, 1.54) is 231 Å². The average molecular weight is 1460 g/mol. The first-order chi connectivity index (χ1) is 50.4. The van der Waals surface area contributed by atoms with Crippen molar-refractivity contribution in [2.75, 3.05) is 58.9 Å². The molecule has 0 aromatic rings. The van der Waals surface area contributed by atoms with Crippen LogP contribution in [-0.4, -0.2) is 113 Å². The number of ether oxygens (including phenoxy) is 3. The van der Waals surface area contributed by atoms with E-state index in [0.717, 1.165) is 177 Å². The van der Waals surface area contributed by atoms with Crippen LogP contribution < -0.4 is 49.1 Å². The Morgan fingerprint density at radius 3 is 0.924 bits per heavy atom. The molecule has 0 radical (unpaired) electrons. The van der Waals surface area contributed by atoms with Gasteiger partial charge < -0.3 is 47.4 Å². The van der Waals surface area contributed by atoms with E-state index in [2.05, 4.69) is 115 Å². The Bertz CT molecular complexity index is 2890. The lowest BCUT2D eigenvalue weighted by Gasteiger charge is -2.61. The van der Waals surface area contributed by atoms with Crippen molar-refractivity contribution in [3.05, 3.63) is 0 Å². The number of nitrogens with two attached hydrogens (primary N) is 3. The summed E-state index contributed by atoms with van der Waals surface area (Å²) in [6.45, 7) is 40.3. The fourth-order valence-electron chi connectivity index (χ4n) is 33.7. The van der Waals surface area contributed by atoms with Crippen molar-refractivity contribution in [3.63, 3.8) is 0 Å². The van der Waals surface area contributed by atoms with Gasteiger partial charge in [-0.2, -0.15) is 0 Å². The van der Waals surface area contributed by atoms with E-state index in [4.69, 9.17) is 31.4 Å². The number of piperidine rings is 3. The van der Waals surface area contributed by atoms with Crippen molar-refractivity contribution >= 4 is 0 Å². The molecule has 12 aliphatic carbocycles. The monoisotopic (exact) mass is 1460 g/mol. The predicted octanol–water partition coefficient (Wildman–Crippen LogP) is 17.1. The van der Waals surface area contributed by atoms with Crippen molar-refractivity contribution < 1.29 is 14.2 Å². The highest BCUT2D eigenvalue weighted by molar-refractivity contribution is 5.21. The fraction of sp³-hybridized carbons (Fsp3) is 1.00. The van der Waals surface area contributed by atoms with E-state index >= 15 is 0 Å². The van der Waals surface area contributed by atoms with Gasteiger partial charge in [-0.15, -0.1) is 0 Å². The molecule has 12 heteroatoms. The summed E-state index contributed by atoms with van der Waals surface area (Å²) in [7, 11) is 0. The van der Waals surface area contributed by atoms with Crippen LogP contribution in [0.5, 0.6) is 0 Å². The third kappa shape index (κ3) is 13.5. The Hall–Kier alpha value is -0.480. The number of fused-ring (bicyclic) bond motifs is 21. The van der Waals surface area contributed by atoms with E-state index < -0.39 is 0 Å². The second-order valence-electron chi connectivity index (χ2n) is 44.2. The number of nitrogens with one attached hydrogen (secondary N) is 6. The Kier molecular flexibility index (Phi) is 22.9. The smallest absolute Gasteiger partial charge is 0.122 e. The summed E-state index contributed by atoms with van der Waals surface area (Å²) in [6, 6.07) is 2.22. The van der Waals surface area contributed by atoms with Crippen LogP contribution in [0.3, 0.4) is 0 Å². The summed E-state index contributed by atoms with van der Waals surface area (Å²) < 4.78 is 21.2. The van der Waals surface area contributed by atoms with Crippen molar-refractivity contribution in [2.45, 2.75) is 368 Å². The molecular formula is C93H165N9O3. The lowest BCUT2D eigenvalue weighted by molar-refractivity contribution is -0.134. The van der Waals surface area contributed by atoms with Gasteiger partial charge in [0, 0.05) is 68.6 Å². The second kappa shape index (κ2) is 30.6. The van der Waals surface area contributed by atoms with Gasteiger partial charge in [-0.1, -0.05) is 95.9 Å². The molecule has 36 atom stereocenters. The maximum atomic E-state index is 7.10. The van der Waals surface area contributed by atoms with Gasteiger partial charge in [0.2, 0.25) is 0 Å². The lowest BCUT2D eigenvalue weighted by atomic mass is 9.44. The summed E-state index contributed by atoms with van der Waals surface area (Å²) in [5.74, 6) is 17.8. The Morgan fingerprint density at radius 2 is 0.610 bits per heavy atom. The highest BCUT2D eigenvalue weighted by Gasteiger charge is 2.73. The third-order valence-electron chi connectivity index (χ3n) is 39.6. The van der Waals surface area contributed by atoms with Crippen LogP contribution in [0.15, 0.2) is 0 Å². The van der Waals surface area contributed by atoms with Gasteiger partial charge in [-0.05, 0) is 383 Å². The molecule has 3 spiro atoms. The molecule has 3 unspecified atom stereocenters. The quantitative estimate of drug-likeness (QED) is 0.0710. The number of hydrogen-bond acceptors (Lipinski definition) is 12. The summed E-state index contributed by atoms with van der Waals surface area (Å²) in [6.07, 6.45) is 51.1. The van der Waals surface area contributed by atoms with E-state index in [0.29, 0.717) is 74.6 Å². The molecule has 6 aliphatic heterocycles. The summed E-state index contributed by atoms with van der Waals surface area (Å²) in [5.41, 5.74) is 20.3. The van der Waals surface area contributed by atoms with Gasteiger partial charge in [0.25, 0.3) is 0 Å². The third-order valence-corrected chi connectivity index (χ3v) is 39.6. The van der Waals surface area contributed by atoms with Crippen LogP contribution in [0.1, 0.15) is 314 Å². The zero-order valence-electron chi connectivity index (χ0n) is 69.9. The van der Waals surface area contributed by atoms with Crippen LogP contribution in [0.4, 0.5) is 0 Å². The molecule has 0 amide bonds. The molecule has 18 fully saturated rings.